The third-order valence-corrected chi connectivity index (χ3v) is 3.41. The van der Waals surface area contributed by atoms with Gasteiger partial charge in [-0.1, -0.05) is 6.07 Å². The van der Waals surface area contributed by atoms with E-state index in [9.17, 15) is 0 Å². The van der Waals surface area contributed by atoms with Crippen LogP contribution in [-0.2, 0) is 6.54 Å². The van der Waals surface area contributed by atoms with Crippen LogP contribution in [0.15, 0.2) is 24.4 Å². The zero-order valence-corrected chi connectivity index (χ0v) is 9.71. The van der Waals surface area contributed by atoms with Crippen molar-refractivity contribution in [1.29, 1.82) is 0 Å². The molecule has 2 aromatic rings. The van der Waals surface area contributed by atoms with Crippen molar-refractivity contribution >= 4 is 5.65 Å². The fourth-order valence-corrected chi connectivity index (χ4v) is 2.45. The molecule has 2 unspecified atom stereocenters. The van der Waals surface area contributed by atoms with Gasteiger partial charge in [0.05, 0.1) is 6.54 Å². The molecule has 0 aliphatic heterocycles. The Labute approximate surface area is 100 Å². The van der Waals surface area contributed by atoms with Gasteiger partial charge in [-0.05, 0) is 31.4 Å². The average molecular weight is 231 g/mol. The van der Waals surface area contributed by atoms with Gasteiger partial charge in [-0.15, -0.1) is 10.2 Å². The molecule has 1 aliphatic rings. The van der Waals surface area contributed by atoms with Crippen LogP contribution in [0.4, 0.5) is 0 Å². The lowest BCUT2D eigenvalue weighted by molar-refractivity contribution is 0.505. The number of nitrogens with one attached hydrogen (secondary N) is 1. The highest BCUT2D eigenvalue weighted by atomic mass is 15.3. The Balaban J connectivity index is 1.69. The third-order valence-electron chi connectivity index (χ3n) is 3.41. The normalized spacial score (nSPS) is 24.5. The van der Waals surface area contributed by atoms with Gasteiger partial charge in [-0.25, -0.2) is 0 Å². The van der Waals surface area contributed by atoms with E-state index < -0.39 is 0 Å². The van der Waals surface area contributed by atoms with Crippen molar-refractivity contribution in [2.75, 3.05) is 0 Å². The van der Waals surface area contributed by atoms with E-state index in [1.54, 1.807) is 0 Å². The Morgan fingerprint density at radius 2 is 2.29 bits per heavy atom. The van der Waals surface area contributed by atoms with Crippen LogP contribution >= 0.6 is 0 Å². The molecule has 0 radical (unpaired) electrons. The molecule has 0 bridgehead atoms. The van der Waals surface area contributed by atoms with Crippen LogP contribution in [-0.4, -0.2) is 26.7 Å². The minimum Gasteiger partial charge on any atom is -0.328 e. The number of hydrogen-bond acceptors (Lipinski definition) is 4. The Morgan fingerprint density at radius 3 is 3.12 bits per heavy atom. The van der Waals surface area contributed by atoms with Gasteiger partial charge in [0.1, 0.15) is 0 Å². The van der Waals surface area contributed by atoms with Crippen molar-refractivity contribution in [3.8, 4) is 0 Å². The summed E-state index contributed by atoms with van der Waals surface area (Å²) < 4.78 is 2.02. The van der Waals surface area contributed by atoms with Gasteiger partial charge in [0, 0.05) is 18.3 Å². The quantitative estimate of drug-likeness (QED) is 0.816. The molecule has 0 aromatic carbocycles. The van der Waals surface area contributed by atoms with Gasteiger partial charge >= 0.3 is 0 Å². The maximum absolute atomic E-state index is 5.89. The molecule has 3 rings (SSSR count). The lowest BCUT2D eigenvalue weighted by Gasteiger charge is -2.10. The number of nitrogens with two attached hydrogens (primary N) is 1. The van der Waals surface area contributed by atoms with E-state index in [0.29, 0.717) is 12.1 Å². The molecule has 90 valence electrons. The predicted molar refractivity (Wildman–Crippen MR) is 65.4 cm³/mol. The van der Waals surface area contributed by atoms with Crippen LogP contribution in [0.1, 0.15) is 25.1 Å². The largest absolute Gasteiger partial charge is 0.328 e. The lowest BCUT2D eigenvalue weighted by atomic mass is 10.2. The van der Waals surface area contributed by atoms with Crippen molar-refractivity contribution in [2.45, 2.75) is 37.9 Å². The average Bonchev–Trinajstić information content (AvgIpc) is 2.93. The van der Waals surface area contributed by atoms with Crippen molar-refractivity contribution in [1.82, 2.24) is 19.9 Å². The van der Waals surface area contributed by atoms with Crippen molar-refractivity contribution in [3.05, 3.63) is 30.2 Å². The second-order valence-corrected chi connectivity index (χ2v) is 4.70. The number of aromatic nitrogens is 3. The smallest absolute Gasteiger partial charge is 0.160 e. The Kier molecular flexibility index (Phi) is 2.78. The van der Waals surface area contributed by atoms with Gasteiger partial charge in [0.2, 0.25) is 0 Å². The molecule has 17 heavy (non-hydrogen) atoms. The molecule has 2 atom stereocenters. The van der Waals surface area contributed by atoms with E-state index in [4.69, 9.17) is 5.73 Å². The summed E-state index contributed by atoms with van der Waals surface area (Å²) in [4.78, 5) is 0. The Hall–Kier alpha value is -1.46. The summed E-state index contributed by atoms with van der Waals surface area (Å²) in [6.07, 6.45) is 5.35. The van der Waals surface area contributed by atoms with Gasteiger partial charge in [0.25, 0.3) is 0 Å². The second-order valence-electron chi connectivity index (χ2n) is 4.70. The maximum atomic E-state index is 5.89. The van der Waals surface area contributed by atoms with Gasteiger partial charge < -0.3 is 11.1 Å². The van der Waals surface area contributed by atoms with Crippen LogP contribution < -0.4 is 11.1 Å². The van der Waals surface area contributed by atoms with Crippen LogP contribution in [0, 0.1) is 0 Å². The Bertz CT molecular complexity index is 506. The highest BCUT2D eigenvalue weighted by Gasteiger charge is 2.21. The molecule has 2 aromatic heterocycles. The van der Waals surface area contributed by atoms with E-state index in [1.165, 1.54) is 0 Å². The molecule has 0 amide bonds. The third kappa shape index (κ3) is 2.16. The van der Waals surface area contributed by atoms with Crippen molar-refractivity contribution < 1.29 is 0 Å². The minimum absolute atomic E-state index is 0.364. The summed E-state index contributed by atoms with van der Waals surface area (Å²) in [5.41, 5.74) is 6.79. The lowest BCUT2D eigenvalue weighted by Crippen LogP contribution is -2.28. The first-order valence-electron chi connectivity index (χ1n) is 6.10. The monoisotopic (exact) mass is 231 g/mol. The summed E-state index contributed by atoms with van der Waals surface area (Å²) in [7, 11) is 0. The topological polar surface area (TPSA) is 68.2 Å². The fourth-order valence-electron chi connectivity index (χ4n) is 2.45. The van der Waals surface area contributed by atoms with Gasteiger partial charge in [-0.2, -0.15) is 0 Å². The molecule has 1 fully saturated rings. The summed E-state index contributed by atoms with van der Waals surface area (Å²) in [5.74, 6) is 0.959. The number of rotatable bonds is 3. The first-order chi connectivity index (χ1) is 8.33. The predicted octanol–water partition coefficient (Wildman–Crippen LogP) is 0.699. The minimum atomic E-state index is 0.364. The molecule has 5 heteroatoms. The highest BCUT2D eigenvalue weighted by Crippen LogP contribution is 2.17. The van der Waals surface area contributed by atoms with E-state index >= 15 is 0 Å². The molecular weight excluding hydrogens is 214 g/mol. The van der Waals surface area contributed by atoms with Crippen LogP contribution in [0.3, 0.4) is 0 Å². The number of nitrogens with zero attached hydrogens (tertiary/aromatic N) is 3. The Morgan fingerprint density at radius 1 is 1.35 bits per heavy atom. The first kappa shape index (κ1) is 10.7. The van der Waals surface area contributed by atoms with Crippen LogP contribution in [0.2, 0.25) is 0 Å². The standard InChI is InChI=1S/C12H17N5/c13-9-4-5-10(7-9)14-8-12-16-15-11-3-1-2-6-17(11)12/h1-3,6,9-10,14H,4-5,7-8,13H2. The summed E-state index contributed by atoms with van der Waals surface area (Å²) in [6, 6.07) is 6.81. The highest BCUT2D eigenvalue weighted by molar-refractivity contribution is 5.36. The summed E-state index contributed by atoms with van der Waals surface area (Å²) in [6.45, 7) is 0.753. The summed E-state index contributed by atoms with van der Waals surface area (Å²) in [5, 5.41) is 11.8. The molecule has 2 heterocycles. The second kappa shape index (κ2) is 4.43. The zero-order valence-electron chi connectivity index (χ0n) is 9.71. The molecule has 3 N–H and O–H groups in total. The molecule has 0 saturated heterocycles. The maximum Gasteiger partial charge on any atom is 0.160 e. The van der Waals surface area contributed by atoms with Crippen molar-refractivity contribution in [2.24, 2.45) is 5.73 Å². The SMILES string of the molecule is NC1CCC(NCc2nnc3ccccn23)C1. The van der Waals surface area contributed by atoms with E-state index in [1.807, 2.05) is 28.8 Å². The number of pyridine rings is 1. The van der Waals surface area contributed by atoms with Crippen LogP contribution in [0.5, 0.6) is 0 Å². The van der Waals surface area contributed by atoms with E-state index in [0.717, 1.165) is 37.3 Å². The fraction of sp³-hybridized carbons (Fsp3) is 0.500. The number of hydrogen-bond donors (Lipinski definition) is 2. The van der Waals surface area contributed by atoms with E-state index in [-0.39, 0.29) is 0 Å². The first-order valence-corrected chi connectivity index (χ1v) is 6.10. The molecule has 0 spiro atoms. The zero-order chi connectivity index (χ0) is 11.7. The molecule has 1 saturated carbocycles. The summed E-state index contributed by atoms with van der Waals surface area (Å²) >= 11 is 0. The molecule has 5 nitrogen and oxygen atoms in total. The van der Waals surface area contributed by atoms with Crippen molar-refractivity contribution in [3.63, 3.8) is 0 Å². The van der Waals surface area contributed by atoms with Crippen LogP contribution in [0.25, 0.3) is 5.65 Å². The van der Waals surface area contributed by atoms with Gasteiger partial charge in [-0.3, -0.25) is 4.40 Å². The molecular formula is C12H17N5. The van der Waals surface area contributed by atoms with E-state index in [2.05, 4.69) is 15.5 Å². The number of fused-ring (bicyclic) bond motifs is 1. The molecule has 1 aliphatic carbocycles. The van der Waals surface area contributed by atoms with Gasteiger partial charge in [0.15, 0.2) is 11.5 Å².